The van der Waals surface area contributed by atoms with Crippen molar-refractivity contribution in [2.24, 2.45) is 0 Å². The van der Waals surface area contributed by atoms with Crippen molar-refractivity contribution in [1.82, 2.24) is 5.32 Å². The van der Waals surface area contributed by atoms with Gasteiger partial charge in [0.2, 0.25) is 0 Å². The zero-order valence-corrected chi connectivity index (χ0v) is 14.0. The second-order valence-electron chi connectivity index (χ2n) is 6.02. The van der Waals surface area contributed by atoms with Crippen LogP contribution in [-0.2, 0) is 0 Å². The molecule has 0 aliphatic carbocycles. The molecule has 1 heteroatoms. The highest BCUT2D eigenvalue weighted by molar-refractivity contribution is 5.42. The molecular formula is C20H27N. The van der Waals surface area contributed by atoms with Gasteiger partial charge >= 0.3 is 0 Å². The van der Waals surface area contributed by atoms with Crippen LogP contribution in [0.25, 0.3) is 0 Å². The molecular weight excluding hydrogens is 254 g/mol. The SMILES string of the molecule is CCCNC(c1ccc(C)c(C)c1)c1cccc(C)c1C. The monoisotopic (exact) mass is 281 g/mol. The van der Waals surface area contributed by atoms with E-state index in [9.17, 15) is 0 Å². The molecule has 2 rings (SSSR count). The van der Waals surface area contributed by atoms with Gasteiger partial charge in [-0.25, -0.2) is 0 Å². The maximum atomic E-state index is 3.72. The van der Waals surface area contributed by atoms with Crippen molar-refractivity contribution in [3.63, 3.8) is 0 Å². The summed E-state index contributed by atoms with van der Waals surface area (Å²) in [5, 5.41) is 3.72. The minimum atomic E-state index is 0.282. The van der Waals surface area contributed by atoms with Gasteiger partial charge in [0.25, 0.3) is 0 Å². The smallest absolute Gasteiger partial charge is 0.0579 e. The van der Waals surface area contributed by atoms with E-state index in [1.54, 1.807) is 0 Å². The van der Waals surface area contributed by atoms with Gasteiger partial charge in [0, 0.05) is 0 Å². The number of benzene rings is 2. The van der Waals surface area contributed by atoms with Crippen molar-refractivity contribution in [3.8, 4) is 0 Å². The van der Waals surface area contributed by atoms with Gasteiger partial charge in [-0.15, -0.1) is 0 Å². The van der Waals surface area contributed by atoms with E-state index in [1.807, 2.05) is 0 Å². The molecule has 0 fully saturated rings. The Morgan fingerprint density at radius 2 is 1.67 bits per heavy atom. The third-order valence-electron chi connectivity index (χ3n) is 4.42. The lowest BCUT2D eigenvalue weighted by atomic mass is 9.91. The predicted octanol–water partition coefficient (Wildman–Crippen LogP) is 5.01. The number of aryl methyl sites for hydroxylation is 3. The van der Waals surface area contributed by atoms with Crippen LogP contribution in [0.1, 0.15) is 52.8 Å². The molecule has 2 aromatic rings. The molecule has 0 bridgehead atoms. The third kappa shape index (κ3) is 3.54. The van der Waals surface area contributed by atoms with Gasteiger partial charge in [-0.3, -0.25) is 0 Å². The van der Waals surface area contributed by atoms with Gasteiger partial charge in [0.05, 0.1) is 6.04 Å². The lowest BCUT2D eigenvalue weighted by Crippen LogP contribution is -2.24. The summed E-state index contributed by atoms with van der Waals surface area (Å²) in [4.78, 5) is 0. The van der Waals surface area contributed by atoms with Gasteiger partial charge in [-0.1, -0.05) is 43.3 Å². The first-order valence-electron chi connectivity index (χ1n) is 7.91. The second-order valence-corrected chi connectivity index (χ2v) is 6.02. The van der Waals surface area contributed by atoms with Gasteiger partial charge < -0.3 is 5.32 Å². The number of nitrogens with one attached hydrogen (secondary N) is 1. The van der Waals surface area contributed by atoms with Crippen LogP contribution in [0.4, 0.5) is 0 Å². The molecule has 21 heavy (non-hydrogen) atoms. The van der Waals surface area contributed by atoms with E-state index < -0.39 is 0 Å². The van der Waals surface area contributed by atoms with E-state index in [0.717, 1.165) is 13.0 Å². The largest absolute Gasteiger partial charge is 0.306 e. The first-order valence-corrected chi connectivity index (χ1v) is 7.91. The molecule has 112 valence electrons. The Balaban J connectivity index is 2.47. The molecule has 0 aliphatic rings. The molecule has 0 aromatic heterocycles. The minimum absolute atomic E-state index is 0.282. The van der Waals surface area contributed by atoms with Crippen molar-refractivity contribution in [3.05, 3.63) is 69.8 Å². The van der Waals surface area contributed by atoms with Gasteiger partial charge in [0.1, 0.15) is 0 Å². The summed E-state index contributed by atoms with van der Waals surface area (Å²) in [6.07, 6.45) is 1.15. The fourth-order valence-corrected chi connectivity index (χ4v) is 2.73. The Labute approximate surface area is 129 Å². The van der Waals surface area contributed by atoms with Gasteiger partial charge in [-0.05, 0) is 74.0 Å². The van der Waals surface area contributed by atoms with Crippen LogP contribution >= 0.6 is 0 Å². The van der Waals surface area contributed by atoms with E-state index in [-0.39, 0.29) is 6.04 Å². The summed E-state index contributed by atoms with van der Waals surface area (Å²) < 4.78 is 0. The highest BCUT2D eigenvalue weighted by Gasteiger charge is 2.16. The summed E-state index contributed by atoms with van der Waals surface area (Å²) in [6, 6.07) is 13.7. The van der Waals surface area contributed by atoms with Crippen molar-refractivity contribution in [1.29, 1.82) is 0 Å². The van der Waals surface area contributed by atoms with Gasteiger partial charge in [0.15, 0.2) is 0 Å². The molecule has 1 unspecified atom stereocenters. The minimum Gasteiger partial charge on any atom is -0.306 e. The number of hydrogen-bond donors (Lipinski definition) is 1. The van der Waals surface area contributed by atoms with Crippen LogP contribution in [0.2, 0.25) is 0 Å². The van der Waals surface area contributed by atoms with E-state index in [4.69, 9.17) is 0 Å². The highest BCUT2D eigenvalue weighted by Crippen LogP contribution is 2.27. The Kier molecular flexibility index (Phi) is 5.19. The van der Waals surface area contributed by atoms with E-state index in [2.05, 4.69) is 76.3 Å². The maximum Gasteiger partial charge on any atom is 0.0579 e. The second kappa shape index (κ2) is 6.91. The Bertz CT molecular complexity index is 613. The zero-order valence-electron chi connectivity index (χ0n) is 14.0. The predicted molar refractivity (Wildman–Crippen MR) is 92.0 cm³/mol. The van der Waals surface area contributed by atoms with Crippen LogP contribution in [0.15, 0.2) is 36.4 Å². The molecule has 0 saturated carbocycles. The van der Waals surface area contributed by atoms with Crippen LogP contribution < -0.4 is 5.32 Å². The Morgan fingerprint density at radius 3 is 2.33 bits per heavy atom. The zero-order chi connectivity index (χ0) is 15.4. The Morgan fingerprint density at radius 1 is 0.905 bits per heavy atom. The molecule has 1 atom stereocenters. The van der Waals surface area contributed by atoms with Gasteiger partial charge in [-0.2, -0.15) is 0 Å². The molecule has 1 nitrogen and oxygen atoms in total. The van der Waals surface area contributed by atoms with Crippen LogP contribution in [0.5, 0.6) is 0 Å². The lowest BCUT2D eigenvalue weighted by Gasteiger charge is -2.23. The van der Waals surface area contributed by atoms with Crippen LogP contribution in [0.3, 0.4) is 0 Å². The highest BCUT2D eigenvalue weighted by atomic mass is 14.9. The Hall–Kier alpha value is -1.60. The standard InChI is InChI=1S/C20H27N/c1-6-12-21-20(18-11-10-14(2)16(4)13-18)19-9-7-8-15(3)17(19)5/h7-11,13,20-21H,6,12H2,1-5H3. The summed E-state index contributed by atoms with van der Waals surface area (Å²) in [5.74, 6) is 0. The first kappa shape index (κ1) is 15.8. The molecule has 2 aromatic carbocycles. The lowest BCUT2D eigenvalue weighted by molar-refractivity contribution is 0.595. The van der Waals surface area contributed by atoms with Crippen molar-refractivity contribution < 1.29 is 0 Å². The average Bonchev–Trinajstić information content (AvgIpc) is 2.47. The maximum absolute atomic E-state index is 3.72. The van der Waals surface area contributed by atoms with E-state index >= 15 is 0 Å². The first-order chi connectivity index (χ1) is 10.0. The van der Waals surface area contributed by atoms with E-state index in [0.29, 0.717) is 0 Å². The summed E-state index contributed by atoms with van der Waals surface area (Å²) >= 11 is 0. The molecule has 0 heterocycles. The molecule has 0 aliphatic heterocycles. The normalized spacial score (nSPS) is 12.4. The van der Waals surface area contributed by atoms with Crippen molar-refractivity contribution in [2.75, 3.05) is 6.54 Å². The molecule has 0 radical (unpaired) electrons. The summed E-state index contributed by atoms with van der Waals surface area (Å²) in [7, 11) is 0. The molecule has 0 saturated heterocycles. The number of rotatable bonds is 5. The summed E-state index contributed by atoms with van der Waals surface area (Å²) in [6.45, 7) is 12.0. The average molecular weight is 281 g/mol. The molecule has 1 N–H and O–H groups in total. The van der Waals surface area contributed by atoms with Crippen molar-refractivity contribution in [2.45, 2.75) is 47.1 Å². The summed E-state index contributed by atoms with van der Waals surface area (Å²) in [5.41, 5.74) is 8.23. The van der Waals surface area contributed by atoms with Crippen LogP contribution in [0, 0.1) is 27.7 Å². The van der Waals surface area contributed by atoms with Crippen LogP contribution in [-0.4, -0.2) is 6.54 Å². The van der Waals surface area contributed by atoms with E-state index in [1.165, 1.54) is 33.4 Å². The van der Waals surface area contributed by atoms with Crippen molar-refractivity contribution >= 4 is 0 Å². The molecule has 0 spiro atoms. The topological polar surface area (TPSA) is 12.0 Å². The number of hydrogen-bond acceptors (Lipinski definition) is 1. The fourth-order valence-electron chi connectivity index (χ4n) is 2.73. The molecule has 0 amide bonds. The quantitative estimate of drug-likeness (QED) is 0.812. The fraction of sp³-hybridized carbons (Fsp3) is 0.400. The third-order valence-corrected chi connectivity index (χ3v) is 4.42.